The molecule has 0 bridgehead atoms. The highest BCUT2D eigenvalue weighted by Crippen LogP contribution is 2.42. The number of amides is 1. The van der Waals surface area contributed by atoms with Gasteiger partial charge in [-0.3, -0.25) is 9.59 Å². The van der Waals surface area contributed by atoms with E-state index in [9.17, 15) is 19.1 Å². The average Bonchev–Trinajstić information content (AvgIpc) is 3.03. The van der Waals surface area contributed by atoms with Gasteiger partial charge in [-0.05, 0) is 51.3 Å². The molecule has 7 nitrogen and oxygen atoms in total. The number of rotatable bonds is 8. The van der Waals surface area contributed by atoms with Crippen LogP contribution in [0, 0.1) is 5.82 Å². The third-order valence-electron chi connectivity index (χ3n) is 5.41. The molecule has 1 atom stereocenters. The highest BCUT2D eigenvalue weighted by molar-refractivity contribution is 6.46. The monoisotopic (exact) mass is 442 g/mol. The van der Waals surface area contributed by atoms with Crippen molar-refractivity contribution in [2.24, 2.45) is 0 Å². The van der Waals surface area contributed by atoms with Crippen molar-refractivity contribution in [3.8, 4) is 11.5 Å². The highest BCUT2D eigenvalue weighted by Gasteiger charge is 2.47. The molecule has 0 saturated carbocycles. The SMILES string of the molecule is COc1ccc(OC)c(/C(O)=C2\C(=O)C(=O)N(CCCN(C)C)C2c2ccccc2F)c1. The fourth-order valence-electron chi connectivity index (χ4n) is 3.83. The number of hydrogen-bond donors (Lipinski definition) is 1. The van der Waals surface area contributed by atoms with Gasteiger partial charge in [-0.1, -0.05) is 18.2 Å². The summed E-state index contributed by atoms with van der Waals surface area (Å²) in [5, 5.41) is 11.2. The molecule has 0 aromatic heterocycles. The second-order valence-corrected chi connectivity index (χ2v) is 7.74. The van der Waals surface area contributed by atoms with Crippen LogP contribution in [0.5, 0.6) is 11.5 Å². The van der Waals surface area contributed by atoms with Crippen LogP contribution in [-0.4, -0.2) is 68.0 Å². The van der Waals surface area contributed by atoms with Crippen LogP contribution in [0.3, 0.4) is 0 Å². The van der Waals surface area contributed by atoms with Crippen molar-refractivity contribution in [1.82, 2.24) is 9.80 Å². The van der Waals surface area contributed by atoms with Crippen LogP contribution in [0.15, 0.2) is 48.0 Å². The molecular formula is C24H27FN2O5. The molecule has 32 heavy (non-hydrogen) atoms. The fourth-order valence-corrected chi connectivity index (χ4v) is 3.83. The number of nitrogens with zero attached hydrogens (tertiary/aromatic N) is 2. The van der Waals surface area contributed by atoms with Gasteiger partial charge >= 0.3 is 0 Å². The van der Waals surface area contributed by atoms with Gasteiger partial charge in [0.15, 0.2) is 0 Å². The number of ether oxygens (including phenoxy) is 2. The number of hydrogen-bond acceptors (Lipinski definition) is 6. The van der Waals surface area contributed by atoms with E-state index in [0.717, 1.165) is 0 Å². The van der Waals surface area contributed by atoms with E-state index >= 15 is 0 Å². The van der Waals surface area contributed by atoms with Crippen LogP contribution in [0.4, 0.5) is 4.39 Å². The molecule has 1 heterocycles. The van der Waals surface area contributed by atoms with Crippen LogP contribution >= 0.6 is 0 Å². The first kappa shape index (κ1) is 23.3. The Labute approximate surface area is 186 Å². The lowest BCUT2D eigenvalue weighted by atomic mass is 9.94. The molecule has 0 radical (unpaired) electrons. The molecule has 170 valence electrons. The zero-order valence-electron chi connectivity index (χ0n) is 18.6. The van der Waals surface area contributed by atoms with E-state index in [1.54, 1.807) is 18.2 Å². The number of carbonyl (C=O) groups is 2. The van der Waals surface area contributed by atoms with E-state index in [1.165, 1.54) is 43.4 Å². The zero-order chi connectivity index (χ0) is 23.4. The molecule has 1 saturated heterocycles. The molecule has 2 aromatic rings. The van der Waals surface area contributed by atoms with E-state index < -0.39 is 29.3 Å². The summed E-state index contributed by atoms with van der Waals surface area (Å²) in [4.78, 5) is 29.3. The molecule has 2 aromatic carbocycles. The molecule has 1 unspecified atom stereocenters. The van der Waals surface area contributed by atoms with Crippen LogP contribution < -0.4 is 9.47 Å². The summed E-state index contributed by atoms with van der Waals surface area (Å²) in [6, 6.07) is 9.61. The standard InChI is InChI=1S/C24H27FN2O5/c1-26(2)12-7-13-27-21(16-8-5-6-9-18(16)25)20(23(29)24(27)30)22(28)17-14-15(31-3)10-11-19(17)32-4/h5-6,8-11,14,21,28H,7,12-13H2,1-4H3/b22-20+. The molecule has 8 heteroatoms. The van der Waals surface area contributed by atoms with Gasteiger partial charge in [0.2, 0.25) is 0 Å². The predicted octanol–water partition coefficient (Wildman–Crippen LogP) is 3.22. The predicted molar refractivity (Wildman–Crippen MR) is 118 cm³/mol. The number of benzene rings is 2. The third-order valence-corrected chi connectivity index (χ3v) is 5.41. The van der Waals surface area contributed by atoms with Gasteiger partial charge in [0.25, 0.3) is 11.7 Å². The molecule has 1 N–H and O–H groups in total. The molecule has 3 rings (SSSR count). The van der Waals surface area contributed by atoms with E-state index in [1.807, 2.05) is 19.0 Å². The van der Waals surface area contributed by atoms with Crippen LogP contribution in [0.2, 0.25) is 0 Å². The summed E-state index contributed by atoms with van der Waals surface area (Å²) in [6.45, 7) is 0.907. The molecule has 1 aliphatic heterocycles. The summed E-state index contributed by atoms with van der Waals surface area (Å²) in [7, 11) is 6.69. The van der Waals surface area contributed by atoms with E-state index in [0.29, 0.717) is 18.7 Å². The van der Waals surface area contributed by atoms with Crippen molar-refractivity contribution >= 4 is 17.4 Å². The number of likely N-dealkylation sites (tertiary alicyclic amines) is 1. The van der Waals surface area contributed by atoms with Crippen molar-refractivity contribution in [1.29, 1.82) is 0 Å². The van der Waals surface area contributed by atoms with Crippen molar-refractivity contribution < 1.29 is 28.6 Å². The molecule has 0 aliphatic carbocycles. The number of methoxy groups -OCH3 is 2. The first-order valence-electron chi connectivity index (χ1n) is 10.2. The lowest BCUT2D eigenvalue weighted by Crippen LogP contribution is -2.32. The maximum Gasteiger partial charge on any atom is 0.295 e. The second-order valence-electron chi connectivity index (χ2n) is 7.74. The maximum absolute atomic E-state index is 14.8. The van der Waals surface area contributed by atoms with Gasteiger partial charge in [0, 0.05) is 12.1 Å². The molecule has 1 amide bonds. The fraction of sp³-hybridized carbons (Fsp3) is 0.333. The number of ketones is 1. The number of halogens is 1. The lowest BCUT2D eigenvalue weighted by Gasteiger charge is -2.26. The van der Waals surface area contributed by atoms with E-state index in [4.69, 9.17) is 9.47 Å². The summed E-state index contributed by atoms with van der Waals surface area (Å²) in [5.74, 6) is -1.95. The Morgan fingerprint density at radius 2 is 1.84 bits per heavy atom. The Morgan fingerprint density at radius 3 is 2.47 bits per heavy atom. The summed E-state index contributed by atoms with van der Waals surface area (Å²) < 4.78 is 25.4. The third kappa shape index (κ3) is 4.45. The molecule has 1 aliphatic rings. The van der Waals surface area contributed by atoms with Crippen molar-refractivity contribution in [3.05, 3.63) is 65.0 Å². The summed E-state index contributed by atoms with van der Waals surface area (Å²) >= 11 is 0. The van der Waals surface area contributed by atoms with Crippen molar-refractivity contribution in [2.45, 2.75) is 12.5 Å². The Kier molecular flexibility index (Phi) is 7.15. The van der Waals surface area contributed by atoms with E-state index in [2.05, 4.69) is 0 Å². The largest absolute Gasteiger partial charge is 0.507 e. The second kappa shape index (κ2) is 9.82. The normalized spacial score (nSPS) is 17.8. The lowest BCUT2D eigenvalue weighted by molar-refractivity contribution is -0.140. The minimum absolute atomic E-state index is 0.139. The van der Waals surface area contributed by atoms with Gasteiger partial charge in [-0.15, -0.1) is 0 Å². The topological polar surface area (TPSA) is 79.3 Å². The van der Waals surface area contributed by atoms with Crippen LogP contribution in [0.1, 0.15) is 23.6 Å². The Morgan fingerprint density at radius 1 is 1.12 bits per heavy atom. The Hall–Kier alpha value is -3.39. The first-order valence-corrected chi connectivity index (χ1v) is 10.2. The number of aliphatic hydroxyl groups is 1. The summed E-state index contributed by atoms with van der Waals surface area (Å²) in [5.41, 5.74) is 0.135. The van der Waals surface area contributed by atoms with Gasteiger partial charge in [-0.25, -0.2) is 4.39 Å². The molecule has 1 fully saturated rings. The van der Waals surface area contributed by atoms with Gasteiger partial charge in [0.05, 0.1) is 31.4 Å². The Bertz CT molecular complexity index is 1050. The van der Waals surface area contributed by atoms with Gasteiger partial charge < -0.3 is 24.4 Å². The van der Waals surface area contributed by atoms with Crippen molar-refractivity contribution in [2.75, 3.05) is 41.4 Å². The molecular weight excluding hydrogens is 415 g/mol. The molecule has 0 spiro atoms. The average molecular weight is 442 g/mol. The van der Waals surface area contributed by atoms with Crippen LogP contribution in [-0.2, 0) is 9.59 Å². The first-order chi connectivity index (χ1) is 15.3. The highest BCUT2D eigenvalue weighted by atomic mass is 19.1. The maximum atomic E-state index is 14.8. The van der Waals surface area contributed by atoms with Gasteiger partial charge in [-0.2, -0.15) is 0 Å². The minimum atomic E-state index is -1.06. The summed E-state index contributed by atoms with van der Waals surface area (Å²) in [6.07, 6.45) is 0.577. The quantitative estimate of drug-likeness (QED) is 0.384. The number of Topliss-reactive ketones (excluding diaryl/α,β-unsaturated/α-hetero) is 1. The van der Waals surface area contributed by atoms with Gasteiger partial charge in [0.1, 0.15) is 23.1 Å². The number of aliphatic hydroxyl groups excluding tert-OH is 1. The zero-order valence-corrected chi connectivity index (χ0v) is 18.6. The van der Waals surface area contributed by atoms with E-state index in [-0.39, 0.29) is 29.0 Å². The minimum Gasteiger partial charge on any atom is -0.507 e. The smallest absolute Gasteiger partial charge is 0.295 e. The van der Waals surface area contributed by atoms with Crippen LogP contribution in [0.25, 0.3) is 5.76 Å². The number of carbonyl (C=O) groups excluding carboxylic acids is 2. The Balaban J connectivity index is 2.19. The van der Waals surface area contributed by atoms with Crippen molar-refractivity contribution in [3.63, 3.8) is 0 Å².